The highest BCUT2D eigenvalue weighted by Crippen LogP contribution is 2.30. The summed E-state index contributed by atoms with van der Waals surface area (Å²) in [5, 5.41) is 3.01. The molecular formula is C16H14FNO. The van der Waals surface area contributed by atoms with Crippen molar-refractivity contribution >= 4 is 5.91 Å². The lowest BCUT2D eigenvalue weighted by molar-refractivity contribution is 0.0936. The van der Waals surface area contributed by atoms with Crippen LogP contribution in [0.25, 0.3) is 0 Å². The molecule has 1 N–H and O–H groups in total. The molecule has 1 unspecified atom stereocenters. The predicted octanol–water partition coefficient (Wildman–Crippen LogP) is 3.24. The van der Waals surface area contributed by atoms with Gasteiger partial charge in [-0.15, -0.1) is 0 Å². The van der Waals surface area contributed by atoms with Gasteiger partial charge in [0.1, 0.15) is 5.82 Å². The Morgan fingerprint density at radius 3 is 2.63 bits per heavy atom. The molecule has 0 aliphatic heterocycles. The van der Waals surface area contributed by atoms with Crippen molar-refractivity contribution in [3.05, 3.63) is 71.0 Å². The predicted molar refractivity (Wildman–Crippen MR) is 71.4 cm³/mol. The van der Waals surface area contributed by atoms with Crippen molar-refractivity contribution < 1.29 is 9.18 Å². The second-order valence-corrected chi connectivity index (χ2v) is 4.77. The topological polar surface area (TPSA) is 29.1 Å². The maximum atomic E-state index is 12.8. The van der Waals surface area contributed by atoms with E-state index in [4.69, 9.17) is 0 Å². The van der Waals surface area contributed by atoms with Gasteiger partial charge in [0.15, 0.2) is 0 Å². The van der Waals surface area contributed by atoms with Gasteiger partial charge in [-0.25, -0.2) is 4.39 Å². The molecule has 0 bridgehead atoms. The van der Waals surface area contributed by atoms with Crippen molar-refractivity contribution in [1.82, 2.24) is 5.32 Å². The zero-order chi connectivity index (χ0) is 13.2. The number of fused-ring (bicyclic) bond motifs is 1. The number of rotatable bonds is 2. The normalized spacial score (nSPS) is 17.0. The van der Waals surface area contributed by atoms with Crippen molar-refractivity contribution in [3.8, 4) is 0 Å². The smallest absolute Gasteiger partial charge is 0.251 e. The highest BCUT2D eigenvalue weighted by molar-refractivity contribution is 5.94. The summed E-state index contributed by atoms with van der Waals surface area (Å²) < 4.78 is 12.8. The fourth-order valence-electron chi connectivity index (χ4n) is 2.55. The molecule has 1 amide bonds. The van der Waals surface area contributed by atoms with Gasteiger partial charge in [-0.1, -0.05) is 24.3 Å². The van der Waals surface area contributed by atoms with Crippen LogP contribution < -0.4 is 5.32 Å². The van der Waals surface area contributed by atoms with Gasteiger partial charge in [0.05, 0.1) is 6.04 Å². The van der Waals surface area contributed by atoms with Gasteiger partial charge in [-0.3, -0.25) is 4.79 Å². The van der Waals surface area contributed by atoms with Gasteiger partial charge in [0.2, 0.25) is 0 Å². The average molecular weight is 255 g/mol. The Morgan fingerprint density at radius 1 is 1.11 bits per heavy atom. The molecule has 1 aliphatic rings. The molecule has 1 atom stereocenters. The Kier molecular flexibility index (Phi) is 3.03. The molecule has 0 fully saturated rings. The zero-order valence-electron chi connectivity index (χ0n) is 10.4. The molecule has 0 heterocycles. The van der Waals surface area contributed by atoms with E-state index in [0.717, 1.165) is 12.8 Å². The van der Waals surface area contributed by atoms with E-state index in [9.17, 15) is 9.18 Å². The summed E-state index contributed by atoms with van der Waals surface area (Å²) in [4.78, 5) is 12.1. The number of amides is 1. The molecule has 2 aromatic carbocycles. The zero-order valence-corrected chi connectivity index (χ0v) is 10.4. The van der Waals surface area contributed by atoms with Crippen LogP contribution >= 0.6 is 0 Å². The Balaban J connectivity index is 1.76. The van der Waals surface area contributed by atoms with Crippen molar-refractivity contribution in [2.45, 2.75) is 18.9 Å². The maximum absolute atomic E-state index is 12.8. The minimum Gasteiger partial charge on any atom is -0.345 e. The van der Waals surface area contributed by atoms with Crippen molar-refractivity contribution in [2.24, 2.45) is 0 Å². The van der Waals surface area contributed by atoms with E-state index >= 15 is 0 Å². The molecule has 1 aliphatic carbocycles. The minimum atomic E-state index is -0.331. The Bertz CT molecular complexity index is 606. The fourth-order valence-corrected chi connectivity index (χ4v) is 2.55. The number of hydrogen-bond acceptors (Lipinski definition) is 1. The van der Waals surface area contributed by atoms with Crippen LogP contribution in [0.5, 0.6) is 0 Å². The van der Waals surface area contributed by atoms with E-state index < -0.39 is 0 Å². The van der Waals surface area contributed by atoms with Crippen molar-refractivity contribution in [3.63, 3.8) is 0 Å². The third-order valence-electron chi connectivity index (χ3n) is 3.54. The van der Waals surface area contributed by atoms with E-state index in [0.29, 0.717) is 5.56 Å². The van der Waals surface area contributed by atoms with E-state index in [2.05, 4.69) is 17.4 Å². The largest absolute Gasteiger partial charge is 0.345 e. The SMILES string of the molecule is O=C(NC1CCc2ccccc21)c1ccc(F)cc1. The van der Waals surface area contributed by atoms with Crippen LogP contribution in [0, 0.1) is 5.82 Å². The summed E-state index contributed by atoms with van der Waals surface area (Å²) in [6.45, 7) is 0. The third-order valence-corrected chi connectivity index (χ3v) is 3.54. The van der Waals surface area contributed by atoms with Gasteiger partial charge < -0.3 is 5.32 Å². The number of carbonyl (C=O) groups is 1. The standard InChI is InChI=1S/C16H14FNO/c17-13-8-5-12(6-9-13)16(19)18-15-10-7-11-3-1-2-4-14(11)15/h1-6,8-9,15H,7,10H2,(H,18,19). The van der Waals surface area contributed by atoms with Crippen LogP contribution in [0.1, 0.15) is 33.9 Å². The molecule has 3 heteroatoms. The van der Waals surface area contributed by atoms with Gasteiger partial charge in [0, 0.05) is 5.56 Å². The molecular weight excluding hydrogens is 241 g/mol. The fraction of sp³-hybridized carbons (Fsp3) is 0.188. The van der Waals surface area contributed by atoms with E-state index in [-0.39, 0.29) is 17.8 Å². The second kappa shape index (κ2) is 4.84. The first-order chi connectivity index (χ1) is 9.24. The molecule has 19 heavy (non-hydrogen) atoms. The van der Waals surface area contributed by atoms with Crippen LogP contribution in [0.3, 0.4) is 0 Å². The average Bonchev–Trinajstić information content (AvgIpc) is 2.83. The first-order valence-electron chi connectivity index (χ1n) is 6.38. The van der Waals surface area contributed by atoms with Crippen molar-refractivity contribution in [2.75, 3.05) is 0 Å². The number of benzene rings is 2. The maximum Gasteiger partial charge on any atom is 0.251 e. The number of hydrogen-bond donors (Lipinski definition) is 1. The molecule has 0 radical (unpaired) electrons. The number of aryl methyl sites for hydroxylation is 1. The molecule has 3 rings (SSSR count). The molecule has 0 aromatic heterocycles. The summed E-state index contributed by atoms with van der Waals surface area (Å²) in [6.07, 6.45) is 1.91. The summed E-state index contributed by atoms with van der Waals surface area (Å²) in [6, 6.07) is 13.8. The Labute approximate surface area is 111 Å². The van der Waals surface area contributed by atoms with Crippen LogP contribution in [0.15, 0.2) is 48.5 Å². The summed E-state index contributed by atoms with van der Waals surface area (Å²) >= 11 is 0. The number of halogens is 1. The lowest BCUT2D eigenvalue weighted by Gasteiger charge is -2.14. The van der Waals surface area contributed by atoms with Crippen LogP contribution in [0.4, 0.5) is 4.39 Å². The van der Waals surface area contributed by atoms with Gasteiger partial charge in [-0.2, -0.15) is 0 Å². The molecule has 0 saturated heterocycles. The Morgan fingerprint density at radius 2 is 1.84 bits per heavy atom. The first-order valence-corrected chi connectivity index (χ1v) is 6.38. The second-order valence-electron chi connectivity index (χ2n) is 4.77. The van der Waals surface area contributed by atoms with Gasteiger partial charge >= 0.3 is 0 Å². The quantitative estimate of drug-likeness (QED) is 0.877. The van der Waals surface area contributed by atoms with Crippen LogP contribution in [0.2, 0.25) is 0 Å². The van der Waals surface area contributed by atoms with Gasteiger partial charge in [-0.05, 0) is 48.2 Å². The van der Waals surface area contributed by atoms with E-state index in [1.807, 2.05) is 12.1 Å². The van der Waals surface area contributed by atoms with Gasteiger partial charge in [0.25, 0.3) is 5.91 Å². The molecule has 0 spiro atoms. The summed E-state index contributed by atoms with van der Waals surface area (Å²) in [7, 11) is 0. The van der Waals surface area contributed by atoms with E-state index in [1.165, 1.54) is 35.4 Å². The third kappa shape index (κ3) is 2.36. The number of nitrogens with one attached hydrogen (secondary N) is 1. The lowest BCUT2D eigenvalue weighted by atomic mass is 10.1. The molecule has 96 valence electrons. The summed E-state index contributed by atoms with van der Waals surface area (Å²) in [5.74, 6) is -0.482. The molecule has 2 nitrogen and oxygen atoms in total. The highest BCUT2D eigenvalue weighted by atomic mass is 19.1. The molecule has 0 saturated carbocycles. The Hall–Kier alpha value is -2.16. The monoisotopic (exact) mass is 255 g/mol. The summed E-state index contributed by atoms with van der Waals surface area (Å²) in [5.41, 5.74) is 2.98. The van der Waals surface area contributed by atoms with Crippen molar-refractivity contribution in [1.29, 1.82) is 0 Å². The minimum absolute atomic E-state index is 0.0637. The van der Waals surface area contributed by atoms with Crippen LogP contribution in [-0.4, -0.2) is 5.91 Å². The highest BCUT2D eigenvalue weighted by Gasteiger charge is 2.23. The van der Waals surface area contributed by atoms with E-state index in [1.54, 1.807) is 0 Å². The number of carbonyl (C=O) groups excluding carboxylic acids is 1. The molecule has 2 aromatic rings. The first kappa shape index (κ1) is 11.9. The lowest BCUT2D eigenvalue weighted by Crippen LogP contribution is -2.27. The van der Waals surface area contributed by atoms with Crippen LogP contribution in [-0.2, 0) is 6.42 Å².